The van der Waals surface area contributed by atoms with Crippen molar-refractivity contribution in [3.8, 4) is 0 Å². The zero-order valence-corrected chi connectivity index (χ0v) is 15.0. The Morgan fingerprint density at radius 3 is 2.73 bits per heavy atom. The molecular weight excluding hydrogens is 358 g/mol. The first-order valence-electron chi connectivity index (χ1n) is 8.06. The van der Waals surface area contributed by atoms with Crippen LogP contribution in [0.3, 0.4) is 0 Å². The van der Waals surface area contributed by atoms with E-state index in [1.54, 1.807) is 0 Å². The van der Waals surface area contributed by atoms with Gasteiger partial charge in [0.2, 0.25) is 10.0 Å². The Kier molecular flexibility index (Phi) is 3.67. The number of rotatable bonds is 3. The molecule has 0 saturated heterocycles. The van der Waals surface area contributed by atoms with Crippen molar-refractivity contribution in [1.82, 2.24) is 14.4 Å². The molecule has 4 rings (SSSR count). The Bertz CT molecular complexity index is 1110. The maximum absolute atomic E-state index is 13.2. The lowest BCUT2D eigenvalue weighted by atomic mass is 9.99. The van der Waals surface area contributed by atoms with E-state index in [-0.39, 0.29) is 29.3 Å². The van der Waals surface area contributed by atoms with E-state index in [1.165, 1.54) is 13.8 Å². The van der Waals surface area contributed by atoms with E-state index < -0.39 is 22.0 Å². The summed E-state index contributed by atoms with van der Waals surface area (Å²) in [7, 11) is -4.08. The summed E-state index contributed by atoms with van der Waals surface area (Å²) in [4.78, 5) is 15.0. The third kappa shape index (κ3) is 2.35. The van der Waals surface area contributed by atoms with Gasteiger partial charge in [-0.15, -0.1) is 0 Å². The number of H-pyrrole nitrogens is 1. The second-order valence-corrected chi connectivity index (χ2v) is 8.22. The van der Waals surface area contributed by atoms with Crippen molar-refractivity contribution in [2.45, 2.75) is 37.8 Å². The Balaban J connectivity index is 1.87. The third-order valence-electron chi connectivity index (χ3n) is 4.78. The zero-order chi connectivity index (χ0) is 18.6. The molecule has 8 nitrogen and oxygen atoms in total. The van der Waals surface area contributed by atoms with Crippen molar-refractivity contribution >= 4 is 26.9 Å². The summed E-state index contributed by atoms with van der Waals surface area (Å²) in [6.45, 7) is 2.98. The summed E-state index contributed by atoms with van der Waals surface area (Å²) in [5, 5.41) is 14.3. The molecule has 26 heavy (non-hydrogen) atoms. The van der Waals surface area contributed by atoms with Crippen molar-refractivity contribution in [3.63, 3.8) is 0 Å². The van der Waals surface area contributed by atoms with Gasteiger partial charge in [-0.3, -0.25) is 4.79 Å². The predicted molar refractivity (Wildman–Crippen MR) is 92.1 cm³/mol. The van der Waals surface area contributed by atoms with Crippen molar-refractivity contribution in [1.29, 1.82) is 0 Å². The number of fused-ring (bicyclic) bond motifs is 3. The van der Waals surface area contributed by atoms with Crippen LogP contribution in [0.4, 0.5) is 0 Å². The Hall–Kier alpha value is -2.65. The lowest BCUT2D eigenvalue weighted by Crippen LogP contribution is -2.48. The molecule has 3 heterocycles. The van der Waals surface area contributed by atoms with Crippen molar-refractivity contribution in [2.24, 2.45) is 0 Å². The molecule has 1 unspecified atom stereocenters. The number of hydrogen-bond donors (Lipinski definition) is 2. The predicted octanol–water partition coefficient (Wildman–Crippen LogP) is 1.97. The van der Waals surface area contributed by atoms with Gasteiger partial charge in [-0.1, -0.05) is 23.4 Å². The zero-order valence-electron chi connectivity index (χ0n) is 14.2. The molecule has 0 saturated carbocycles. The number of hydrogen-bond acceptors (Lipinski definition) is 5. The standard InChI is InChI=1S/C17H17N3O5S/c1-9-16(10(2)25-19-9)26(23,24)20-8-14-12(7-15(20)17(21)22)11-5-3-4-6-13(11)18-14/h3-6,15,18H,7-8H2,1-2H3,(H,21,22). The van der Waals surface area contributed by atoms with E-state index >= 15 is 0 Å². The van der Waals surface area contributed by atoms with Gasteiger partial charge >= 0.3 is 5.97 Å². The van der Waals surface area contributed by atoms with Crippen molar-refractivity contribution < 1.29 is 22.8 Å². The van der Waals surface area contributed by atoms with E-state index in [4.69, 9.17) is 4.52 Å². The smallest absolute Gasteiger partial charge is 0.322 e. The van der Waals surface area contributed by atoms with Crippen LogP contribution in [0.5, 0.6) is 0 Å². The van der Waals surface area contributed by atoms with Crippen LogP contribution in [-0.2, 0) is 27.8 Å². The summed E-state index contributed by atoms with van der Waals surface area (Å²) >= 11 is 0. The van der Waals surface area contributed by atoms with E-state index in [2.05, 4.69) is 10.1 Å². The number of benzene rings is 1. The van der Waals surface area contributed by atoms with Gasteiger partial charge in [0, 0.05) is 23.0 Å². The van der Waals surface area contributed by atoms with Crippen LogP contribution in [-0.4, -0.2) is 40.0 Å². The van der Waals surface area contributed by atoms with Gasteiger partial charge in [0.1, 0.15) is 16.6 Å². The fraction of sp³-hybridized carbons (Fsp3) is 0.294. The molecule has 0 radical (unpaired) electrons. The maximum Gasteiger partial charge on any atom is 0.322 e. The quantitative estimate of drug-likeness (QED) is 0.723. The summed E-state index contributed by atoms with van der Waals surface area (Å²) in [5.41, 5.74) is 2.63. The topological polar surface area (TPSA) is 117 Å². The third-order valence-corrected chi connectivity index (χ3v) is 6.88. The number of nitrogens with one attached hydrogen (secondary N) is 1. The summed E-state index contributed by atoms with van der Waals surface area (Å²) in [6.07, 6.45) is 0.0945. The number of carbonyl (C=O) groups is 1. The Morgan fingerprint density at radius 1 is 1.35 bits per heavy atom. The number of carboxylic acids is 1. The fourth-order valence-corrected chi connectivity index (χ4v) is 5.45. The molecule has 3 aromatic rings. The second kappa shape index (κ2) is 5.68. The van der Waals surface area contributed by atoms with Crippen LogP contribution in [0, 0.1) is 13.8 Å². The number of para-hydroxylation sites is 1. The van der Waals surface area contributed by atoms with Gasteiger partial charge in [0.15, 0.2) is 5.76 Å². The molecule has 2 aromatic heterocycles. The van der Waals surface area contributed by atoms with Gasteiger partial charge in [-0.25, -0.2) is 8.42 Å². The molecule has 0 aliphatic carbocycles. The van der Waals surface area contributed by atoms with Crippen LogP contribution in [0.25, 0.3) is 10.9 Å². The van der Waals surface area contributed by atoms with Gasteiger partial charge in [-0.2, -0.15) is 4.31 Å². The summed E-state index contributed by atoms with van der Waals surface area (Å²) in [5.74, 6) is -1.04. The first-order chi connectivity index (χ1) is 12.3. The number of aromatic amines is 1. The molecular formula is C17H17N3O5S. The molecule has 0 spiro atoms. The van der Waals surface area contributed by atoms with Crippen molar-refractivity contribution in [3.05, 3.63) is 47.0 Å². The first-order valence-corrected chi connectivity index (χ1v) is 9.50. The number of carboxylic acid groups (broad SMARTS) is 1. The molecule has 0 amide bonds. The summed E-state index contributed by atoms with van der Waals surface area (Å²) in [6, 6.07) is 6.34. The first kappa shape index (κ1) is 16.8. The summed E-state index contributed by atoms with van der Waals surface area (Å²) < 4.78 is 32.3. The average Bonchev–Trinajstić information content (AvgIpc) is 3.13. The van der Waals surface area contributed by atoms with Crippen molar-refractivity contribution in [2.75, 3.05) is 0 Å². The Morgan fingerprint density at radius 2 is 2.08 bits per heavy atom. The van der Waals surface area contributed by atoms with Crippen LogP contribution in [0.2, 0.25) is 0 Å². The average molecular weight is 375 g/mol. The molecule has 9 heteroatoms. The number of sulfonamides is 1. The van der Waals surface area contributed by atoms with Gasteiger partial charge in [-0.05, 0) is 25.5 Å². The normalized spacial score (nSPS) is 18.2. The molecule has 1 aromatic carbocycles. The minimum Gasteiger partial charge on any atom is -0.480 e. The molecule has 0 fully saturated rings. The highest BCUT2D eigenvalue weighted by Gasteiger charge is 2.43. The molecule has 1 aliphatic rings. The molecule has 1 atom stereocenters. The Labute approximate surface area is 149 Å². The van der Waals surface area contributed by atoms with E-state index in [0.29, 0.717) is 5.69 Å². The van der Waals surface area contributed by atoms with E-state index in [9.17, 15) is 18.3 Å². The van der Waals surface area contributed by atoms with Gasteiger partial charge in [0.25, 0.3) is 0 Å². The van der Waals surface area contributed by atoms with Crippen LogP contribution in [0.15, 0.2) is 33.7 Å². The monoisotopic (exact) mass is 375 g/mol. The largest absolute Gasteiger partial charge is 0.480 e. The van der Waals surface area contributed by atoms with Crippen LogP contribution in [0.1, 0.15) is 22.7 Å². The second-order valence-electron chi connectivity index (χ2n) is 6.39. The van der Waals surface area contributed by atoms with Gasteiger partial charge in [0.05, 0.1) is 6.54 Å². The minimum atomic E-state index is -4.08. The van der Waals surface area contributed by atoms with Crippen LogP contribution >= 0.6 is 0 Å². The molecule has 136 valence electrons. The highest BCUT2D eigenvalue weighted by Crippen LogP contribution is 2.34. The SMILES string of the molecule is Cc1noc(C)c1S(=O)(=O)N1Cc2[nH]c3ccccc3c2CC1C(=O)O. The van der Waals surface area contributed by atoms with E-state index in [1.807, 2.05) is 24.3 Å². The molecule has 0 bridgehead atoms. The van der Waals surface area contributed by atoms with Crippen LogP contribution < -0.4 is 0 Å². The fourth-order valence-electron chi connectivity index (χ4n) is 3.61. The number of aryl methyl sites for hydroxylation is 2. The highest BCUT2D eigenvalue weighted by molar-refractivity contribution is 7.89. The molecule has 1 aliphatic heterocycles. The maximum atomic E-state index is 13.2. The minimum absolute atomic E-state index is 0.0482. The van der Waals surface area contributed by atoms with Gasteiger partial charge < -0.3 is 14.6 Å². The molecule has 2 N–H and O–H groups in total. The highest BCUT2D eigenvalue weighted by atomic mass is 32.2. The van der Waals surface area contributed by atoms with E-state index in [0.717, 1.165) is 20.8 Å². The lowest BCUT2D eigenvalue weighted by molar-refractivity contribution is -0.141. The number of aliphatic carboxylic acids is 1. The number of nitrogens with zero attached hydrogens (tertiary/aromatic N) is 2. The lowest BCUT2D eigenvalue weighted by Gasteiger charge is -2.32. The number of aromatic nitrogens is 2.